The third-order valence-corrected chi connectivity index (χ3v) is 5.28. The van der Waals surface area contributed by atoms with E-state index in [1.807, 2.05) is 19.1 Å². The fourth-order valence-electron chi connectivity index (χ4n) is 3.51. The topological polar surface area (TPSA) is 78.5 Å². The number of aryl methyl sites for hydroxylation is 1. The number of carbonyl (C=O) groups is 3. The Hall–Kier alpha value is -3.64. The SMILES string of the molecule is Cc1ccc(C(=O)N2c3ccccc3NC(=O)[C@H]2CC(=O)Nc2cccc(Cl)c2)cc1. The number of anilines is 3. The summed E-state index contributed by atoms with van der Waals surface area (Å²) < 4.78 is 0. The highest BCUT2D eigenvalue weighted by molar-refractivity contribution is 6.31. The molecule has 2 N–H and O–H groups in total. The van der Waals surface area contributed by atoms with Gasteiger partial charge in [-0.2, -0.15) is 0 Å². The molecular formula is C24H20ClN3O3. The Morgan fingerprint density at radius 3 is 2.52 bits per heavy atom. The Kier molecular flexibility index (Phi) is 5.73. The van der Waals surface area contributed by atoms with Crippen LogP contribution in [-0.4, -0.2) is 23.8 Å². The van der Waals surface area contributed by atoms with Crippen LogP contribution in [0.1, 0.15) is 22.3 Å². The van der Waals surface area contributed by atoms with Crippen LogP contribution in [0, 0.1) is 6.92 Å². The largest absolute Gasteiger partial charge is 0.326 e. The Labute approximate surface area is 184 Å². The first kappa shape index (κ1) is 20.6. The fraction of sp³-hybridized carbons (Fsp3) is 0.125. The monoisotopic (exact) mass is 433 g/mol. The standard InChI is InChI=1S/C24H20ClN3O3/c1-15-9-11-16(12-10-15)24(31)28-20-8-3-2-7-19(20)27-23(30)21(28)14-22(29)26-18-6-4-5-17(25)13-18/h2-13,21H,14H2,1H3,(H,26,29)(H,27,30)/t21-/m1/s1. The second-order valence-corrected chi connectivity index (χ2v) is 7.76. The van der Waals surface area contributed by atoms with Crippen molar-refractivity contribution in [3.63, 3.8) is 0 Å². The summed E-state index contributed by atoms with van der Waals surface area (Å²) in [6.45, 7) is 1.93. The van der Waals surface area contributed by atoms with Gasteiger partial charge in [-0.05, 0) is 49.4 Å². The first-order valence-corrected chi connectivity index (χ1v) is 10.2. The van der Waals surface area contributed by atoms with E-state index in [2.05, 4.69) is 10.6 Å². The summed E-state index contributed by atoms with van der Waals surface area (Å²) in [6.07, 6.45) is -0.204. The summed E-state index contributed by atoms with van der Waals surface area (Å²) in [6, 6.07) is 19.9. The molecule has 3 aromatic rings. The van der Waals surface area contributed by atoms with Crippen molar-refractivity contribution in [3.8, 4) is 0 Å². The molecular weight excluding hydrogens is 414 g/mol. The van der Waals surface area contributed by atoms with Crippen LogP contribution in [0.3, 0.4) is 0 Å². The molecule has 4 rings (SSSR count). The first-order chi connectivity index (χ1) is 14.9. The van der Waals surface area contributed by atoms with Crippen molar-refractivity contribution >= 4 is 46.4 Å². The second kappa shape index (κ2) is 8.62. The third kappa shape index (κ3) is 4.44. The van der Waals surface area contributed by atoms with Gasteiger partial charge in [-0.25, -0.2) is 0 Å². The van der Waals surface area contributed by atoms with E-state index in [1.165, 1.54) is 4.90 Å². The van der Waals surface area contributed by atoms with Crippen molar-refractivity contribution in [1.82, 2.24) is 0 Å². The van der Waals surface area contributed by atoms with E-state index in [9.17, 15) is 14.4 Å². The summed E-state index contributed by atoms with van der Waals surface area (Å²) in [4.78, 5) is 40.4. The summed E-state index contributed by atoms with van der Waals surface area (Å²) in [7, 11) is 0. The Bertz CT molecular complexity index is 1160. The molecule has 31 heavy (non-hydrogen) atoms. The van der Waals surface area contributed by atoms with Gasteiger partial charge >= 0.3 is 0 Å². The lowest BCUT2D eigenvalue weighted by atomic mass is 10.0. The number of fused-ring (bicyclic) bond motifs is 1. The van der Waals surface area contributed by atoms with Crippen LogP contribution in [0.5, 0.6) is 0 Å². The molecule has 0 spiro atoms. The van der Waals surface area contributed by atoms with Crippen molar-refractivity contribution in [2.24, 2.45) is 0 Å². The van der Waals surface area contributed by atoms with E-state index in [4.69, 9.17) is 11.6 Å². The average Bonchev–Trinajstić information content (AvgIpc) is 2.74. The normalized spacial score (nSPS) is 15.1. The van der Waals surface area contributed by atoms with E-state index in [1.54, 1.807) is 60.7 Å². The molecule has 3 aromatic carbocycles. The van der Waals surface area contributed by atoms with Crippen molar-refractivity contribution < 1.29 is 14.4 Å². The number of hydrogen-bond acceptors (Lipinski definition) is 3. The highest BCUT2D eigenvalue weighted by atomic mass is 35.5. The highest BCUT2D eigenvalue weighted by Gasteiger charge is 2.38. The number of carbonyl (C=O) groups excluding carboxylic acids is 3. The molecule has 0 saturated heterocycles. The molecule has 0 unspecified atom stereocenters. The lowest BCUT2D eigenvalue weighted by Gasteiger charge is -2.36. The van der Waals surface area contributed by atoms with Gasteiger partial charge in [0.05, 0.1) is 17.8 Å². The molecule has 156 valence electrons. The summed E-state index contributed by atoms with van der Waals surface area (Å²) >= 11 is 5.97. The van der Waals surface area contributed by atoms with E-state index in [0.717, 1.165) is 5.56 Å². The van der Waals surface area contributed by atoms with Crippen LogP contribution in [0.25, 0.3) is 0 Å². The number of benzene rings is 3. The molecule has 6 nitrogen and oxygen atoms in total. The Morgan fingerprint density at radius 1 is 1.03 bits per heavy atom. The number of rotatable bonds is 4. The van der Waals surface area contributed by atoms with Crippen LogP contribution in [0.2, 0.25) is 5.02 Å². The van der Waals surface area contributed by atoms with Crippen molar-refractivity contribution in [2.75, 3.05) is 15.5 Å². The number of amides is 3. The molecule has 0 bridgehead atoms. The van der Waals surface area contributed by atoms with Crippen molar-refractivity contribution in [2.45, 2.75) is 19.4 Å². The van der Waals surface area contributed by atoms with Crippen molar-refractivity contribution in [3.05, 3.63) is 88.9 Å². The molecule has 7 heteroatoms. The zero-order valence-electron chi connectivity index (χ0n) is 16.8. The number of halogens is 1. The maximum Gasteiger partial charge on any atom is 0.259 e. The van der Waals surface area contributed by atoms with Gasteiger partial charge in [0.2, 0.25) is 11.8 Å². The molecule has 0 radical (unpaired) electrons. The number of hydrogen-bond donors (Lipinski definition) is 2. The number of para-hydroxylation sites is 2. The molecule has 0 aromatic heterocycles. The molecule has 1 aliphatic heterocycles. The maximum absolute atomic E-state index is 13.4. The van der Waals surface area contributed by atoms with E-state index in [-0.39, 0.29) is 12.3 Å². The van der Waals surface area contributed by atoms with Crippen LogP contribution in [0.15, 0.2) is 72.8 Å². The molecule has 0 aliphatic carbocycles. The maximum atomic E-state index is 13.4. The highest BCUT2D eigenvalue weighted by Crippen LogP contribution is 2.34. The first-order valence-electron chi connectivity index (χ1n) is 9.78. The van der Waals surface area contributed by atoms with E-state index in [0.29, 0.717) is 27.6 Å². The van der Waals surface area contributed by atoms with Crippen LogP contribution < -0.4 is 15.5 Å². The predicted octanol–water partition coefficient (Wildman–Crippen LogP) is 4.64. The summed E-state index contributed by atoms with van der Waals surface area (Å²) in [5, 5.41) is 6.02. The fourth-order valence-corrected chi connectivity index (χ4v) is 3.70. The van der Waals surface area contributed by atoms with Gasteiger partial charge in [-0.15, -0.1) is 0 Å². The number of nitrogens with one attached hydrogen (secondary N) is 2. The minimum atomic E-state index is -0.997. The van der Waals surface area contributed by atoms with E-state index >= 15 is 0 Å². The summed E-state index contributed by atoms with van der Waals surface area (Å²) in [5.74, 6) is -1.16. The molecule has 1 heterocycles. The number of nitrogens with zero attached hydrogens (tertiary/aromatic N) is 1. The Balaban J connectivity index is 1.65. The zero-order valence-corrected chi connectivity index (χ0v) is 17.5. The predicted molar refractivity (Wildman–Crippen MR) is 122 cm³/mol. The van der Waals surface area contributed by atoms with Gasteiger partial charge in [0.15, 0.2) is 0 Å². The van der Waals surface area contributed by atoms with Gasteiger partial charge in [0, 0.05) is 16.3 Å². The third-order valence-electron chi connectivity index (χ3n) is 5.04. The minimum Gasteiger partial charge on any atom is -0.326 e. The second-order valence-electron chi connectivity index (χ2n) is 7.33. The van der Waals surface area contributed by atoms with Crippen LogP contribution >= 0.6 is 11.6 Å². The molecule has 0 fully saturated rings. The van der Waals surface area contributed by atoms with Gasteiger partial charge in [0.25, 0.3) is 5.91 Å². The summed E-state index contributed by atoms with van der Waals surface area (Å²) in [5.41, 5.74) is 3.05. The van der Waals surface area contributed by atoms with Crippen LogP contribution in [0.4, 0.5) is 17.1 Å². The van der Waals surface area contributed by atoms with E-state index < -0.39 is 17.9 Å². The zero-order chi connectivity index (χ0) is 22.0. The minimum absolute atomic E-state index is 0.204. The lowest BCUT2D eigenvalue weighted by molar-refractivity contribution is -0.122. The molecule has 0 saturated carbocycles. The van der Waals surface area contributed by atoms with Crippen LogP contribution in [-0.2, 0) is 9.59 Å². The van der Waals surface area contributed by atoms with Gasteiger partial charge in [0.1, 0.15) is 6.04 Å². The van der Waals surface area contributed by atoms with Crippen molar-refractivity contribution in [1.29, 1.82) is 0 Å². The van der Waals surface area contributed by atoms with Gasteiger partial charge in [-0.3, -0.25) is 19.3 Å². The quantitative estimate of drug-likeness (QED) is 0.628. The Morgan fingerprint density at radius 2 is 1.77 bits per heavy atom. The van der Waals surface area contributed by atoms with Gasteiger partial charge in [-0.1, -0.05) is 47.5 Å². The molecule has 1 aliphatic rings. The average molecular weight is 434 g/mol. The molecule has 1 atom stereocenters. The molecule has 3 amide bonds. The lowest BCUT2D eigenvalue weighted by Crippen LogP contribution is -2.52. The smallest absolute Gasteiger partial charge is 0.259 e. The van der Waals surface area contributed by atoms with Gasteiger partial charge < -0.3 is 10.6 Å².